The van der Waals surface area contributed by atoms with Gasteiger partial charge in [-0.2, -0.15) is 0 Å². The van der Waals surface area contributed by atoms with Crippen LogP contribution in [-0.2, 0) is 6.54 Å². The Kier molecular flexibility index (Phi) is 3.90. The summed E-state index contributed by atoms with van der Waals surface area (Å²) in [5.74, 6) is -0.152. The van der Waals surface area contributed by atoms with Crippen molar-refractivity contribution < 1.29 is 4.79 Å². The van der Waals surface area contributed by atoms with Crippen LogP contribution in [0.25, 0.3) is 0 Å². The van der Waals surface area contributed by atoms with E-state index in [9.17, 15) is 4.79 Å². The molecule has 0 unspecified atom stereocenters. The lowest BCUT2D eigenvalue weighted by molar-refractivity contribution is 0.0952. The number of nitrogens with zero attached hydrogens (tertiary/aromatic N) is 3. The predicted molar refractivity (Wildman–Crippen MR) is 67.8 cm³/mol. The van der Waals surface area contributed by atoms with E-state index < -0.39 is 0 Å². The third-order valence-corrected chi connectivity index (χ3v) is 2.46. The highest BCUT2D eigenvalue weighted by molar-refractivity contribution is 5.94. The van der Waals surface area contributed by atoms with Gasteiger partial charge in [0.25, 0.3) is 5.91 Å². The van der Waals surface area contributed by atoms with Gasteiger partial charge in [-0.15, -0.1) is 0 Å². The van der Waals surface area contributed by atoms with Crippen molar-refractivity contribution in [3.8, 4) is 0 Å². The fourth-order valence-electron chi connectivity index (χ4n) is 1.57. The number of carbonyl (C=O) groups excluding carboxylic acids is 1. The Hall–Kier alpha value is -2.37. The van der Waals surface area contributed by atoms with Gasteiger partial charge >= 0.3 is 0 Å². The number of hydrogen-bond acceptors (Lipinski definition) is 4. The summed E-state index contributed by atoms with van der Waals surface area (Å²) in [6, 6.07) is 1.61. The maximum Gasteiger partial charge on any atom is 0.252 e. The van der Waals surface area contributed by atoms with Crippen molar-refractivity contribution in [2.75, 3.05) is 12.3 Å². The highest BCUT2D eigenvalue weighted by Gasteiger charge is 2.05. The van der Waals surface area contributed by atoms with Crippen molar-refractivity contribution in [2.24, 2.45) is 0 Å². The first-order chi connectivity index (χ1) is 8.75. The third kappa shape index (κ3) is 3.31. The monoisotopic (exact) mass is 245 g/mol. The summed E-state index contributed by atoms with van der Waals surface area (Å²) in [5.41, 5.74) is 6.53. The Morgan fingerprint density at radius 3 is 3.00 bits per heavy atom. The first kappa shape index (κ1) is 12.1. The maximum atomic E-state index is 11.7. The summed E-state index contributed by atoms with van der Waals surface area (Å²) in [6.45, 7) is 1.43. The molecule has 0 atom stereocenters. The van der Waals surface area contributed by atoms with E-state index in [0.717, 1.165) is 13.0 Å². The Morgan fingerprint density at radius 1 is 1.39 bits per heavy atom. The van der Waals surface area contributed by atoms with Gasteiger partial charge in [0.05, 0.1) is 17.6 Å². The number of aryl methyl sites for hydroxylation is 1. The molecule has 18 heavy (non-hydrogen) atoms. The number of rotatable bonds is 5. The lowest BCUT2D eigenvalue weighted by Gasteiger charge is -2.05. The molecule has 0 radical (unpaired) electrons. The van der Waals surface area contributed by atoms with Gasteiger partial charge in [0, 0.05) is 37.9 Å². The molecule has 2 heterocycles. The number of aromatic nitrogens is 3. The number of pyridine rings is 1. The number of nitrogens with one attached hydrogen (secondary N) is 1. The van der Waals surface area contributed by atoms with Crippen LogP contribution in [0.5, 0.6) is 0 Å². The van der Waals surface area contributed by atoms with Gasteiger partial charge in [-0.3, -0.25) is 9.78 Å². The van der Waals surface area contributed by atoms with Gasteiger partial charge in [-0.1, -0.05) is 0 Å². The van der Waals surface area contributed by atoms with Crippen LogP contribution in [0.3, 0.4) is 0 Å². The highest BCUT2D eigenvalue weighted by atomic mass is 16.1. The van der Waals surface area contributed by atoms with E-state index in [1.807, 2.05) is 10.8 Å². The molecule has 0 aliphatic carbocycles. The number of hydrogen-bond donors (Lipinski definition) is 2. The third-order valence-electron chi connectivity index (χ3n) is 2.46. The Labute approximate surface area is 105 Å². The van der Waals surface area contributed by atoms with Crippen molar-refractivity contribution in [1.82, 2.24) is 19.9 Å². The van der Waals surface area contributed by atoms with Crippen molar-refractivity contribution in [1.29, 1.82) is 0 Å². The van der Waals surface area contributed by atoms with Crippen LogP contribution < -0.4 is 11.1 Å². The van der Waals surface area contributed by atoms with Gasteiger partial charge in [0.2, 0.25) is 0 Å². The minimum atomic E-state index is -0.152. The number of anilines is 1. The van der Waals surface area contributed by atoms with Crippen molar-refractivity contribution in [2.45, 2.75) is 13.0 Å². The van der Waals surface area contributed by atoms with Crippen LogP contribution in [0.15, 0.2) is 37.2 Å². The molecule has 0 fully saturated rings. The fourth-order valence-corrected chi connectivity index (χ4v) is 1.57. The van der Waals surface area contributed by atoms with Crippen LogP contribution in [0.2, 0.25) is 0 Å². The minimum Gasteiger partial charge on any atom is -0.397 e. The van der Waals surface area contributed by atoms with Gasteiger partial charge < -0.3 is 15.6 Å². The zero-order valence-corrected chi connectivity index (χ0v) is 9.91. The number of nitrogens with two attached hydrogens (primary N) is 1. The molecule has 6 nitrogen and oxygen atoms in total. The summed E-state index contributed by atoms with van der Waals surface area (Å²) >= 11 is 0. The first-order valence-electron chi connectivity index (χ1n) is 5.70. The molecular weight excluding hydrogens is 230 g/mol. The van der Waals surface area contributed by atoms with Gasteiger partial charge in [-0.25, -0.2) is 4.98 Å². The molecule has 6 heteroatoms. The number of amides is 1. The van der Waals surface area contributed by atoms with Crippen LogP contribution >= 0.6 is 0 Å². The Bertz CT molecular complexity index is 509. The average Bonchev–Trinajstić information content (AvgIpc) is 2.87. The average molecular weight is 245 g/mol. The molecule has 1 amide bonds. The minimum absolute atomic E-state index is 0.152. The number of imidazole rings is 1. The van der Waals surface area contributed by atoms with E-state index in [1.165, 1.54) is 12.4 Å². The van der Waals surface area contributed by atoms with E-state index in [4.69, 9.17) is 5.73 Å². The molecule has 0 saturated heterocycles. The molecule has 0 saturated carbocycles. The molecular formula is C12H15N5O. The second-order valence-corrected chi connectivity index (χ2v) is 3.92. The smallest absolute Gasteiger partial charge is 0.252 e. The molecule has 94 valence electrons. The Balaban J connectivity index is 1.75. The Morgan fingerprint density at radius 2 is 2.28 bits per heavy atom. The summed E-state index contributed by atoms with van der Waals surface area (Å²) in [4.78, 5) is 19.6. The fraction of sp³-hybridized carbons (Fsp3) is 0.250. The van der Waals surface area contributed by atoms with Gasteiger partial charge in [0.1, 0.15) is 0 Å². The zero-order chi connectivity index (χ0) is 12.8. The van der Waals surface area contributed by atoms with E-state index in [2.05, 4.69) is 15.3 Å². The molecule has 2 aromatic heterocycles. The van der Waals surface area contributed by atoms with Gasteiger partial charge in [0.15, 0.2) is 0 Å². The molecule has 3 N–H and O–H groups in total. The van der Waals surface area contributed by atoms with Crippen LogP contribution in [0.4, 0.5) is 5.69 Å². The number of carbonyl (C=O) groups is 1. The molecule has 2 aromatic rings. The predicted octanol–water partition coefficient (Wildman–Crippen LogP) is 0.680. The van der Waals surface area contributed by atoms with E-state index >= 15 is 0 Å². The van der Waals surface area contributed by atoms with Crippen molar-refractivity contribution >= 4 is 11.6 Å². The molecule has 0 spiro atoms. The standard InChI is InChI=1S/C12H15N5O/c13-11-6-10(7-15-8-11)12(18)16-2-1-4-17-5-3-14-9-17/h3,5-9H,1-2,4,13H2,(H,16,18). The lowest BCUT2D eigenvalue weighted by Crippen LogP contribution is -2.25. The van der Waals surface area contributed by atoms with Crippen molar-refractivity contribution in [3.63, 3.8) is 0 Å². The van der Waals surface area contributed by atoms with Crippen LogP contribution in [0.1, 0.15) is 16.8 Å². The molecule has 0 aliphatic rings. The molecule has 0 bridgehead atoms. The summed E-state index contributed by atoms with van der Waals surface area (Å²) in [6.07, 6.45) is 9.24. The SMILES string of the molecule is Nc1cncc(C(=O)NCCCn2ccnc2)c1. The van der Waals surface area contributed by atoms with Gasteiger partial charge in [-0.05, 0) is 12.5 Å². The molecule has 0 aliphatic heterocycles. The number of nitrogen functional groups attached to an aromatic ring is 1. The van der Waals surface area contributed by atoms with Crippen molar-refractivity contribution in [3.05, 3.63) is 42.7 Å². The summed E-state index contributed by atoms with van der Waals surface area (Å²) < 4.78 is 1.97. The van der Waals surface area contributed by atoms with Crippen LogP contribution in [0, 0.1) is 0 Å². The maximum absolute atomic E-state index is 11.7. The quantitative estimate of drug-likeness (QED) is 0.758. The first-order valence-corrected chi connectivity index (χ1v) is 5.70. The second-order valence-electron chi connectivity index (χ2n) is 3.92. The largest absolute Gasteiger partial charge is 0.397 e. The lowest BCUT2D eigenvalue weighted by atomic mass is 10.2. The molecule has 0 aromatic carbocycles. The summed E-state index contributed by atoms with van der Waals surface area (Å²) in [5, 5.41) is 2.82. The summed E-state index contributed by atoms with van der Waals surface area (Å²) in [7, 11) is 0. The van der Waals surface area contributed by atoms with E-state index in [0.29, 0.717) is 17.8 Å². The topological polar surface area (TPSA) is 85.8 Å². The zero-order valence-electron chi connectivity index (χ0n) is 9.91. The van der Waals surface area contributed by atoms with Crippen LogP contribution in [-0.4, -0.2) is 27.0 Å². The highest BCUT2D eigenvalue weighted by Crippen LogP contribution is 2.03. The molecule has 2 rings (SSSR count). The second kappa shape index (κ2) is 5.81. The normalized spacial score (nSPS) is 10.2. The van der Waals surface area contributed by atoms with E-state index in [-0.39, 0.29) is 5.91 Å². The van der Waals surface area contributed by atoms with E-state index in [1.54, 1.807) is 18.6 Å².